The fourth-order valence-corrected chi connectivity index (χ4v) is 3.03. The number of anilines is 1. The number of thioether (sulfide) groups is 1. The highest BCUT2D eigenvalue weighted by Gasteiger charge is 2.14. The van der Waals surface area contributed by atoms with Crippen molar-refractivity contribution in [3.63, 3.8) is 0 Å². The molecule has 25 heavy (non-hydrogen) atoms. The Labute approximate surface area is 147 Å². The molecule has 7 heteroatoms. The van der Waals surface area contributed by atoms with E-state index in [1.807, 2.05) is 12.1 Å². The summed E-state index contributed by atoms with van der Waals surface area (Å²) in [6.07, 6.45) is 5.00. The second-order valence-corrected chi connectivity index (χ2v) is 6.05. The average Bonchev–Trinajstić information content (AvgIpc) is 2.64. The molecule has 126 valence electrons. The fraction of sp³-hybridized carbons (Fsp3) is 0.0556. The van der Waals surface area contributed by atoms with Gasteiger partial charge in [-0.2, -0.15) is 0 Å². The highest BCUT2D eigenvalue weighted by atomic mass is 32.2. The van der Waals surface area contributed by atoms with E-state index < -0.39 is 17.5 Å². The summed E-state index contributed by atoms with van der Waals surface area (Å²) in [6, 6.07) is 10.3. The lowest BCUT2D eigenvalue weighted by molar-refractivity contribution is 0.102. The van der Waals surface area contributed by atoms with Crippen molar-refractivity contribution in [1.29, 1.82) is 0 Å². The van der Waals surface area contributed by atoms with Gasteiger partial charge in [-0.1, -0.05) is 0 Å². The third kappa shape index (κ3) is 4.39. The third-order valence-corrected chi connectivity index (χ3v) is 4.39. The smallest absolute Gasteiger partial charge is 0.258 e. The number of hydrogen-bond donors (Lipinski definition) is 1. The van der Waals surface area contributed by atoms with E-state index in [1.54, 1.807) is 30.7 Å². The van der Waals surface area contributed by atoms with Gasteiger partial charge in [-0.05, 0) is 42.0 Å². The van der Waals surface area contributed by atoms with Gasteiger partial charge in [-0.15, -0.1) is 11.8 Å². The number of halogens is 2. The first-order valence-electron chi connectivity index (χ1n) is 7.36. The van der Waals surface area contributed by atoms with Gasteiger partial charge in [0.15, 0.2) is 11.6 Å². The number of rotatable bonds is 5. The molecule has 3 rings (SSSR count). The average molecular weight is 357 g/mol. The van der Waals surface area contributed by atoms with Crippen molar-refractivity contribution in [2.24, 2.45) is 0 Å². The van der Waals surface area contributed by atoms with Crippen LogP contribution in [-0.4, -0.2) is 15.9 Å². The Morgan fingerprint density at radius 3 is 2.60 bits per heavy atom. The molecule has 1 amide bonds. The molecule has 0 spiro atoms. The summed E-state index contributed by atoms with van der Waals surface area (Å²) in [7, 11) is 0. The largest absolute Gasteiger partial charge is 0.322 e. The molecule has 0 unspecified atom stereocenters. The molecule has 0 saturated heterocycles. The molecule has 1 N–H and O–H groups in total. The van der Waals surface area contributed by atoms with Gasteiger partial charge in [0.1, 0.15) is 5.03 Å². The second kappa shape index (κ2) is 7.85. The minimum absolute atomic E-state index is 0.179. The van der Waals surface area contributed by atoms with E-state index in [4.69, 9.17) is 0 Å². The first-order valence-corrected chi connectivity index (χ1v) is 8.35. The molecule has 0 aliphatic rings. The van der Waals surface area contributed by atoms with Crippen molar-refractivity contribution in [3.8, 4) is 0 Å². The number of carbonyl (C=O) groups is 1. The molecule has 0 radical (unpaired) electrons. The zero-order valence-corrected chi connectivity index (χ0v) is 13.8. The number of hydrogen-bond acceptors (Lipinski definition) is 4. The van der Waals surface area contributed by atoms with E-state index in [0.29, 0.717) is 16.3 Å². The van der Waals surface area contributed by atoms with E-state index in [-0.39, 0.29) is 5.69 Å². The summed E-state index contributed by atoms with van der Waals surface area (Å²) in [4.78, 5) is 20.7. The number of carbonyl (C=O) groups excluding carboxylic acids is 1. The highest BCUT2D eigenvalue weighted by Crippen LogP contribution is 2.25. The molecule has 2 aromatic heterocycles. The Hall–Kier alpha value is -2.80. The number of amides is 1. The Bertz CT molecular complexity index is 890. The number of pyridine rings is 2. The van der Waals surface area contributed by atoms with Crippen LogP contribution in [0.1, 0.15) is 15.9 Å². The van der Waals surface area contributed by atoms with E-state index >= 15 is 0 Å². The van der Waals surface area contributed by atoms with Gasteiger partial charge in [0, 0.05) is 36.1 Å². The van der Waals surface area contributed by atoms with Crippen LogP contribution < -0.4 is 5.32 Å². The van der Waals surface area contributed by atoms with Gasteiger partial charge in [0.25, 0.3) is 5.91 Å². The van der Waals surface area contributed by atoms with Crippen LogP contribution in [0.25, 0.3) is 0 Å². The minimum atomic E-state index is -1.02. The van der Waals surface area contributed by atoms with Crippen LogP contribution in [0.2, 0.25) is 0 Å². The maximum Gasteiger partial charge on any atom is 0.258 e. The van der Waals surface area contributed by atoms with Crippen molar-refractivity contribution >= 4 is 23.4 Å². The summed E-state index contributed by atoms with van der Waals surface area (Å²) >= 11 is 1.41. The Morgan fingerprint density at radius 1 is 1.04 bits per heavy atom. The summed E-state index contributed by atoms with van der Waals surface area (Å²) in [6.45, 7) is 0. The molecular weight excluding hydrogens is 344 g/mol. The number of nitrogens with zero attached hydrogens (tertiary/aromatic N) is 2. The zero-order valence-electron chi connectivity index (χ0n) is 12.9. The Balaban J connectivity index is 1.75. The molecule has 4 nitrogen and oxygen atoms in total. The molecule has 0 aliphatic heterocycles. The molecule has 1 aromatic carbocycles. The first kappa shape index (κ1) is 17.0. The summed E-state index contributed by atoms with van der Waals surface area (Å²) in [5.41, 5.74) is 1.60. The fourth-order valence-electron chi connectivity index (χ4n) is 2.08. The Morgan fingerprint density at radius 2 is 1.84 bits per heavy atom. The lowest BCUT2D eigenvalue weighted by atomic mass is 10.2. The SMILES string of the molecule is O=C(Nc1ccc(F)c(F)c1)c1cccnc1SCc1ccncc1. The lowest BCUT2D eigenvalue weighted by Gasteiger charge is -2.09. The normalized spacial score (nSPS) is 10.5. The third-order valence-electron chi connectivity index (χ3n) is 3.32. The first-order chi connectivity index (χ1) is 12.1. The molecule has 0 bridgehead atoms. The van der Waals surface area contributed by atoms with Crippen LogP contribution in [0.15, 0.2) is 66.1 Å². The predicted molar refractivity (Wildman–Crippen MR) is 92.3 cm³/mol. The van der Waals surface area contributed by atoms with E-state index in [1.165, 1.54) is 17.8 Å². The molecule has 2 heterocycles. The van der Waals surface area contributed by atoms with Gasteiger partial charge in [0.2, 0.25) is 0 Å². The highest BCUT2D eigenvalue weighted by molar-refractivity contribution is 7.98. The van der Waals surface area contributed by atoms with Crippen LogP contribution in [0.4, 0.5) is 14.5 Å². The molecule has 3 aromatic rings. The van der Waals surface area contributed by atoms with Gasteiger partial charge in [0.05, 0.1) is 5.56 Å². The number of aromatic nitrogens is 2. The molecule has 0 saturated carbocycles. The maximum absolute atomic E-state index is 13.3. The van der Waals surface area contributed by atoms with Gasteiger partial charge >= 0.3 is 0 Å². The van der Waals surface area contributed by atoms with Crippen molar-refractivity contribution in [1.82, 2.24) is 9.97 Å². The predicted octanol–water partition coefficient (Wildman–Crippen LogP) is 4.30. The van der Waals surface area contributed by atoms with Crippen molar-refractivity contribution in [2.45, 2.75) is 10.8 Å². The standard InChI is InChI=1S/C18H13F2N3OS/c19-15-4-3-13(10-16(15)20)23-17(24)14-2-1-7-22-18(14)25-11-12-5-8-21-9-6-12/h1-10H,11H2,(H,23,24). The quantitative estimate of drug-likeness (QED) is 0.692. The van der Waals surface area contributed by atoms with E-state index in [9.17, 15) is 13.6 Å². The van der Waals surface area contributed by atoms with Gasteiger partial charge < -0.3 is 5.32 Å². The minimum Gasteiger partial charge on any atom is -0.322 e. The monoisotopic (exact) mass is 357 g/mol. The van der Waals surface area contributed by atoms with Gasteiger partial charge in [-0.25, -0.2) is 13.8 Å². The maximum atomic E-state index is 13.3. The summed E-state index contributed by atoms with van der Waals surface area (Å²) < 4.78 is 26.3. The van der Waals surface area contributed by atoms with Crippen molar-refractivity contribution in [2.75, 3.05) is 5.32 Å². The van der Waals surface area contributed by atoms with Crippen LogP contribution in [0.3, 0.4) is 0 Å². The summed E-state index contributed by atoms with van der Waals surface area (Å²) in [5, 5.41) is 3.11. The van der Waals surface area contributed by atoms with Crippen molar-refractivity contribution < 1.29 is 13.6 Å². The molecule has 0 atom stereocenters. The second-order valence-electron chi connectivity index (χ2n) is 5.08. The zero-order chi connectivity index (χ0) is 17.6. The number of nitrogens with one attached hydrogen (secondary N) is 1. The van der Waals surface area contributed by atoms with E-state index in [0.717, 1.165) is 17.7 Å². The van der Waals surface area contributed by atoms with Gasteiger partial charge in [-0.3, -0.25) is 9.78 Å². The topological polar surface area (TPSA) is 54.9 Å². The van der Waals surface area contributed by atoms with Crippen molar-refractivity contribution in [3.05, 3.63) is 83.8 Å². The summed E-state index contributed by atoms with van der Waals surface area (Å²) in [5.74, 6) is -1.79. The van der Waals surface area contributed by atoms with Crippen LogP contribution in [0.5, 0.6) is 0 Å². The number of benzene rings is 1. The lowest BCUT2D eigenvalue weighted by Crippen LogP contribution is -2.14. The van der Waals surface area contributed by atoms with Crippen LogP contribution in [0, 0.1) is 11.6 Å². The molecule has 0 fully saturated rings. The van der Waals surface area contributed by atoms with Crippen LogP contribution >= 0.6 is 11.8 Å². The molecule has 0 aliphatic carbocycles. The van der Waals surface area contributed by atoms with Crippen LogP contribution in [-0.2, 0) is 5.75 Å². The molecular formula is C18H13F2N3OS. The Kier molecular flexibility index (Phi) is 5.35. The van der Waals surface area contributed by atoms with E-state index in [2.05, 4.69) is 15.3 Å².